The van der Waals surface area contributed by atoms with Crippen LogP contribution in [0.3, 0.4) is 0 Å². The van der Waals surface area contributed by atoms with E-state index in [0.29, 0.717) is 23.0 Å². The summed E-state index contributed by atoms with van der Waals surface area (Å²) in [5.41, 5.74) is 2.63. The summed E-state index contributed by atoms with van der Waals surface area (Å²) in [7, 11) is 5.06. The summed E-state index contributed by atoms with van der Waals surface area (Å²) in [5, 5.41) is 5.86. The van der Waals surface area contributed by atoms with E-state index in [2.05, 4.69) is 15.6 Å². The fourth-order valence-corrected chi connectivity index (χ4v) is 2.88. The second-order valence-corrected chi connectivity index (χ2v) is 6.44. The molecule has 1 aromatic heterocycles. The lowest BCUT2D eigenvalue weighted by molar-refractivity contribution is 0.249. The number of carbonyl (C=O) groups excluding carboxylic acids is 1. The minimum Gasteiger partial charge on any atom is -0.497 e. The maximum Gasteiger partial charge on any atom is 0.320 e. The molecule has 1 atom stereocenters. The van der Waals surface area contributed by atoms with Gasteiger partial charge >= 0.3 is 6.03 Å². The van der Waals surface area contributed by atoms with Crippen LogP contribution < -0.4 is 20.1 Å². The highest BCUT2D eigenvalue weighted by Gasteiger charge is 2.22. The molecule has 0 fully saturated rings. The van der Waals surface area contributed by atoms with E-state index in [9.17, 15) is 4.79 Å². The predicted molar refractivity (Wildman–Crippen MR) is 108 cm³/mol. The number of carbonyl (C=O) groups is 1. The number of nitrogens with zero attached hydrogens (tertiary/aromatic N) is 2. The number of rotatable bonds is 6. The molecule has 1 heterocycles. The number of hydrogen-bond donors (Lipinski definition) is 2. The Hall–Kier alpha value is -3.48. The molecule has 0 saturated carbocycles. The minimum absolute atomic E-state index is 0.335. The van der Waals surface area contributed by atoms with Crippen molar-refractivity contribution in [1.29, 1.82) is 0 Å². The van der Waals surface area contributed by atoms with Gasteiger partial charge in [-0.3, -0.25) is 0 Å². The molecular weight excluding hydrogens is 356 g/mol. The maximum atomic E-state index is 12.7. The number of ether oxygens (including phenoxy) is 2. The van der Waals surface area contributed by atoms with E-state index in [1.54, 1.807) is 26.5 Å². The zero-order chi connectivity index (χ0) is 20.1. The first-order valence-corrected chi connectivity index (χ1v) is 8.84. The van der Waals surface area contributed by atoms with Crippen molar-refractivity contribution < 1.29 is 14.3 Å². The van der Waals surface area contributed by atoms with Gasteiger partial charge in [0, 0.05) is 31.2 Å². The van der Waals surface area contributed by atoms with Crippen LogP contribution in [-0.4, -0.2) is 29.8 Å². The third kappa shape index (κ3) is 4.43. The zero-order valence-corrected chi connectivity index (χ0v) is 16.4. The Morgan fingerprint density at radius 3 is 2.25 bits per heavy atom. The van der Waals surface area contributed by atoms with Crippen molar-refractivity contribution >= 4 is 11.7 Å². The van der Waals surface area contributed by atoms with Gasteiger partial charge in [0.1, 0.15) is 23.4 Å². The molecule has 28 heavy (non-hydrogen) atoms. The van der Waals surface area contributed by atoms with Crippen LogP contribution in [0, 0.1) is 6.92 Å². The number of urea groups is 1. The Balaban J connectivity index is 1.91. The number of amides is 2. The lowest BCUT2D eigenvalue weighted by Crippen LogP contribution is -2.34. The van der Waals surface area contributed by atoms with Crippen LogP contribution in [-0.2, 0) is 7.05 Å². The van der Waals surface area contributed by atoms with Gasteiger partial charge in [-0.25, -0.2) is 9.78 Å². The normalized spacial score (nSPS) is 11.6. The van der Waals surface area contributed by atoms with Crippen molar-refractivity contribution in [3.8, 4) is 11.5 Å². The van der Waals surface area contributed by atoms with Crippen LogP contribution in [0.2, 0.25) is 0 Å². The molecule has 0 bridgehead atoms. The summed E-state index contributed by atoms with van der Waals surface area (Å²) >= 11 is 0. The molecule has 146 valence electrons. The third-order valence-corrected chi connectivity index (χ3v) is 4.41. The molecule has 3 rings (SSSR count). The van der Waals surface area contributed by atoms with Gasteiger partial charge in [-0.1, -0.05) is 17.7 Å². The summed E-state index contributed by atoms with van der Waals surface area (Å²) in [5.74, 6) is 1.96. The molecule has 0 spiro atoms. The second kappa shape index (κ2) is 8.47. The Labute approximate surface area is 164 Å². The molecule has 0 radical (unpaired) electrons. The number of imidazole rings is 1. The number of methoxy groups -OCH3 is 2. The van der Waals surface area contributed by atoms with Gasteiger partial charge in [0.15, 0.2) is 0 Å². The monoisotopic (exact) mass is 380 g/mol. The van der Waals surface area contributed by atoms with E-state index in [1.165, 1.54) is 0 Å². The third-order valence-electron chi connectivity index (χ3n) is 4.41. The predicted octanol–water partition coefficient (Wildman–Crippen LogP) is 3.66. The molecular formula is C21H24N4O3. The van der Waals surface area contributed by atoms with E-state index in [0.717, 1.165) is 11.1 Å². The Kier molecular flexibility index (Phi) is 5.84. The van der Waals surface area contributed by atoms with Crippen molar-refractivity contribution in [1.82, 2.24) is 14.9 Å². The van der Waals surface area contributed by atoms with Gasteiger partial charge in [-0.05, 0) is 36.8 Å². The highest BCUT2D eigenvalue weighted by atomic mass is 16.5. The van der Waals surface area contributed by atoms with E-state index in [-0.39, 0.29) is 6.03 Å². The summed E-state index contributed by atoms with van der Waals surface area (Å²) < 4.78 is 12.6. The summed E-state index contributed by atoms with van der Waals surface area (Å²) in [4.78, 5) is 17.1. The molecule has 2 amide bonds. The molecule has 0 unspecified atom stereocenters. The van der Waals surface area contributed by atoms with E-state index in [4.69, 9.17) is 9.47 Å². The second-order valence-electron chi connectivity index (χ2n) is 6.44. The van der Waals surface area contributed by atoms with Gasteiger partial charge in [0.2, 0.25) is 0 Å². The van der Waals surface area contributed by atoms with Crippen molar-refractivity contribution in [2.24, 2.45) is 7.05 Å². The highest BCUT2D eigenvalue weighted by Crippen LogP contribution is 2.29. The molecule has 0 aliphatic heterocycles. The summed E-state index contributed by atoms with van der Waals surface area (Å²) in [6, 6.07) is 12.3. The smallest absolute Gasteiger partial charge is 0.320 e. The average Bonchev–Trinajstić information content (AvgIpc) is 3.13. The fourth-order valence-electron chi connectivity index (χ4n) is 2.88. The van der Waals surface area contributed by atoms with Crippen LogP contribution in [0.1, 0.15) is 23.0 Å². The number of nitrogens with one attached hydrogen (secondary N) is 2. The number of aromatic nitrogens is 2. The SMILES string of the molecule is COc1cc(OC)cc([C@@H](NC(=O)Nc2ccc(C)cc2)c2nccn2C)c1. The van der Waals surface area contributed by atoms with Crippen molar-refractivity contribution in [3.63, 3.8) is 0 Å². The Morgan fingerprint density at radius 2 is 1.71 bits per heavy atom. The fraction of sp³-hybridized carbons (Fsp3) is 0.238. The Morgan fingerprint density at radius 1 is 1.07 bits per heavy atom. The summed E-state index contributed by atoms with van der Waals surface area (Å²) in [6.07, 6.45) is 3.53. The van der Waals surface area contributed by atoms with Gasteiger partial charge in [0.05, 0.1) is 14.2 Å². The van der Waals surface area contributed by atoms with E-state index in [1.807, 2.05) is 61.1 Å². The van der Waals surface area contributed by atoms with Crippen molar-refractivity contribution in [3.05, 3.63) is 71.8 Å². The lowest BCUT2D eigenvalue weighted by Gasteiger charge is -2.21. The first-order valence-electron chi connectivity index (χ1n) is 8.84. The number of anilines is 1. The highest BCUT2D eigenvalue weighted by molar-refractivity contribution is 5.89. The number of aryl methyl sites for hydroxylation is 2. The molecule has 0 saturated heterocycles. The number of benzene rings is 2. The molecule has 0 aliphatic rings. The van der Waals surface area contributed by atoms with Crippen molar-refractivity contribution in [2.45, 2.75) is 13.0 Å². The molecule has 7 nitrogen and oxygen atoms in total. The molecule has 0 aliphatic carbocycles. The first-order chi connectivity index (χ1) is 13.5. The molecule has 7 heteroatoms. The maximum absolute atomic E-state index is 12.7. The van der Waals surface area contributed by atoms with Crippen LogP contribution in [0.25, 0.3) is 0 Å². The average molecular weight is 380 g/mol. The largest absolute Gasteiger partial charge is 0.497 e. The van der Waals surface area contributed by atoms with Gasteiger partial charge in [-0.15, -0.1) is 0 Å². The molecule has 3 aromatic rings. The summed E-state index contributed by atoms with van der Waals surface area (Å²) in [6.45, 7) is 2.00. The topological polar surface area (TPSA) is 77.4 Å². The van der Waals surface area contributed by atoms with Crippen LogP contribution in [0.5, 0.6) is 11.5 Å². The molecule has 2 aromatic carbocycles. The zero-order valence-electron chi connectivity index (χ0n) is 16.4. The van der Waals surface area contributed by atoms with E-state index >= 15 is 0 Å². The quantitative estimate of drug-likeness (QED) is 0.684. The number of hydrogen-bond acceptors (Lipinski definition) is 4. The minimum atomic E-state index is -0.491. The van der Waals surface area contributed by atoms with Gasteiger partial charge < -0.3 is 24.7 Å². The molecule has 2 N–H and O–H groups in total. The van der Waals surface area contributed by atoms with Gasteiger partial charge in [-0.2, -0.15) is 0 Å². The Bertz CT molecular complexity index is 928. The lowest BCUT2D eigenvalue weighted by atomic mass is 10.1. The van der Waals surface area contributed by atoms with Gasteiger partial charge in [0.25, 0.3) is 0 Å². The van der Waals surface area contributed by atoms with Crippen molar-refractivity contribution in [2.75, 3.05) is 19.5 Å². The van der Waals surface area contributed by atoms with Crippen LogP contribution in [0.15, 0.2) is 54.9 Å². The van der Waals surface area contributed by atoms with E-state index < -0.39 is 6.04 Å². The van der Waals surface area contributed by atoms with Crippen LogP contribution >= 0.6 is 0 Å². The standard InChI is InChI=1S/C21H24N4O3/c1-14-5-7-16(8-6-14)23-21(26)24-19(20-22-9-10-25(20)2)15-11-17(27-3)13-18(12-15)28-4/h5-13,19H,1-4H3,(H2,23,24,26)/t19-/m1/s1. The van der Waals surface area contributed by atoms with Crippen LogP contribution in [0.4, 0.5) is 10.5 Å². The first kappa shape index (κ1) is 19.3.